The third kappa shape index (κ3) is 7.81. The first-order valence-corrected chi connectivity index (χ1v) is 9.95. The Morgan fingerprint density at radius 1 is 1.29 bits per heavy atom. The van der Waals surface area contributed by atoms with Crippen molar-refractivity contribution in [3.8, 4) is 5.88 Å². The molecule has 1 N–H and O–H groups in total. The summed E-state index contributed by atoms with van der Waals surface area (Å²) < 4.78 is 10.7. The molecule has 1 aromatic heterocycles. The molecule has 1 fully saturated rings. The lowest BCUT2D eigenvalue weighted by Crippen LogP contribution is -2.46. The third-order valence-corrected chi connectivity index (χ3v) is 4.41. The van der Waals surface area contributed by atoms with Crippen LogP contribution in [0, 0.1) is 5.92 Å². The second-order valence-corrected chi connectivity index (χ2v) is 6.54. The second kappa shape index (κ2) is 13.6. The van der Waals surface area contributed by atoms with Crippen molar-refractivity contribution in [2.45, 2.75) is 46.6 Å². The van der Waals surface area contributed by atoms with E-state index in [1.807, 2.05) is 25.3 Å². The van der Waals surface area contributed by atoms with E-state index in [1.54, 1.807) is 0 Å². The normalized spacial score (nSPS) is 15.0. The predicted octanol–water partition coefficient (Wildman–Crippen LogP) is 3.23. The number of aliphatic imine (C=N–C) groups is 1. The Balaban J connectivity index is 0.00000392. The van der Waals surface area contributed by atoms with Crippen LogP contribution in [0.15, 0.2) is 23.3 Å². The lowest BCUT2D eigenvalue weighted by molar-refractivity contribution is -0.149. The quantitative estimate of drug-likeness (QED) is 0.254. The number of nitrogens with one attached hydrogen (secondary N) is 1. The second-order valence-electron chi connectivity index (χ2n) is 6.54. The molecule has 1 aliphatic heterocycles. The first kappa shape index (κ1) is 24.5. The van der Waals surface area contributed by atoms with Gasteiger partial charge >= 0.3 is 5.97 Å². The van der Waals surface area contributed by atoms with Crippen molar-refractivity contribution in [3.05, 3.63) is 23.9 Å². The first-order valence-electron chi connectivity index (χ1n) is 9.95. The highest BCUT2D eigenvalue weighted by molar-refractivity contribution is 14.0. The van der Waals surface area contributed by atoms with E-state index in [4.69, 9.17) is 14.5 Å². The van der Waals surface area contributed by atoms with E-state index in [1.165, 1.54) is 0 Å². The van der Waals surface area contributed by atoms with Crippen molar-refractivity contribution in [2.24, 2.45) is 10.9 Å². The van der Waals surface area contributed by atoms with E-state index in [0.717, 1.165) is 50.4 Å². The number of aromatic nitrogens is 1. The third-order valence-electron chi connectivity index (χ3n) is 4.41. The van der Waals surface area contributed by atoms with Crippen LogP contribution in [0.25, 0.3) is 0 Å². The number of ether oxygens (including phenoxy) is 2. The van der Waals surface area contributed by atoms with Crippen LogP contribution < -0.4 is 10.1 Å². The van der Waals surface area contributed by atoms with Gasteiger partial charge in [-0.05, 0) is 38.7 Å². The van der Waals surface area contributed by atoms with Crippen molar-refractivity contribution < 1.29 is 14.3 Å². The maximum atomic E-state index is 11.9. The Morgan fingerprint density at radius 2 is 2.04 bits per heavy atom. The van der Waals surface area contributed by atoms with Crippen LogP contribution in [0.5, 0.6) is 5.88 Å². The smallest absolute Gasteiger partial charge is 0.309 e. The van der Waals surface area contributed by atoms with Gasteiger partial charge in [0.2, 0.25) is 5.88 Å². The highest BCUT2D eigenvalue weighted by Gasteiger charge is 2.27. The topological polar surface area (TPSA) is 76.0 Å². The molecule has 0 bridgehead atoms. The molecule has 0 amide bonds. The summed E-state index contributed by atoms with van der Waals surface area (Å²) in [7, 11) is 0. The van der Waals surface area contributed by atoms with Crippen molar-refractivity contribution in [3.63, 3.8) is 0 Å². The Morgan fingerprint density at radius 3 is 2.61 bits per heavy atom. The fourth-order valence-electron chi connectivity index (χ4n) is 2.98. The molecule has 0 radical (unpaired) electrons. The fraction of sp³-hybridized carbons (Fsp3) is 0.650. The molecule has 0 aliphatic carbocycles. The summed E-state index contributed by atoms with van der Waals surface area (Å²) in [5.41, 5.74) is 1.04. The van der Waals surface area contributed by atoms with Gasteiger partial charge in [0.15, 0.2) is 5.96 Å². The molecule has 0 aromatic carbocycles. The zero-order valence-electron chi connectivity index (χ0n) is 17.1. The minimum Gasteiger partial charge on any atom is -0.478 e. The summed E-state index contributed by atoms with van der Waals surface area (Å²) >= 11 is 0. The van der Waals surface area contributed by atoms with Crippen molar-refractivity contribution in [1.29, 1.82) is 0 Å². The minimum absolute atomic E-state index is 0. The molecule has 0 atom stereocenters. The number of likely N-dealkylation sites (tertiary alicyclic amines) is 1. The number of guanidine groups is 1. The van der Waals surface area contributed by atoms with Gasteiger partial charge in [-0.15, -0.1) is 24.0 Å². The molecule has 0 spiro atoms. The highest BCUT2D eigenvalue weighted by Crippen LogP contribution is 2.19. The van der Waals surface area contributed by atoms with Crippen LogP contribution >= 0.6 is 24.0 Å². The summed E-state index contributed by atoms with van der Waals surface area (Å²) in [5, 5.41) is 3.35. The van der Waals surface area contributed by atoms with Crippen LogP contribution in [0.1, 0.15) is 45.6 Å². The number of rotatable bonds is 8. The molecule has 1 aromatic rings. The number of nitrogens with zero attached hydrogens (tertiary/aromatic N) is 3. The van der Waals surface area contributed by atoms with E-state index in [9.17, 15) is 4.79 Å². The van der Waals surface area contributed by atoms with Gasteiger partial charge in [0.1, 0.15) is 0 Å². The maximum absolute atomic E-state index is 11.9. The molecule has 0 unspecified atom stereocenters. The Labute approximate surface area is 185 Å². The zero-order valence-corrected chi connectivity index (χ0v) is 19.5. The van der Waals surface area contributed by atoms with Crippen LogP contribution in [0.4, 0.5) is 0 Å². The number of piperidine rings is 1. The summed E-state index contributed by atoms with van der Waals surface area (Å²) in [6.45, 7) is 10.1. The number of hydrogen-bond donors (Lipinski definition) is 1. The van der Waals surface area contributed by atoms with E-state index >= 15 is 0 Å². The van der Waals surface area contributed by atoms with E-state index < -0.39 is 0 Å². The van der Waals surface area contributed by atoms with Crippen LogP contribution in [0.2, 0.25) is 0 Å². The summed E-state index contributed by atoms with van der Waals surface area (Å²) in [5.74, 6) is 1.46. The lowest BCUT2D eigenvalue weighted by Gasteiger charge is -2.33. The Hall–Kier alpha value is -1.58. The monoisotopic (exact) mass is 504 g/mol. The van der Waals surface area contributed by atoms with Gasteiger partial charge in [-0.3, -0.25) is 4.79 Å². The number of halogens is 1. The largest absolute Gasteiger partial charge is 0.478 e. The number of pyridine rings is 1. The molecule has 1 saturated heterocycles. The van der Waals surface area contributed by atoms with Crippen LogP contribution in [-0.4, -0.2) is 54.7 Å². The van der Waals surface area contributed by atoms with E-state index in [0.29, 0.717) is 25.6 Å². The van der Waals surface area contributed by atoms with Crippen molar-refractivity contribution >= 4 is 35.9 Å². The average Bonchev–Trinajstić information content (AvgIpc) is 2.70. The highest BCUT2D eigenvalue weighted by atomic mass is 127. The lowest BCUT2D eigenvalue weighted by atomic mass is 9.97. The number of carbonyl (C=O) groups is 1. The van der Waals surface area contributed by atoms with Crippen LogP contribution in [-0.2, 0) is 16.1 Å². The molecular formula is C20H33IN4O3. The maximum Gasteiger partial charge on any atom is 0.309 e. The first-order chi connectivity index (χ1) is 13.2. The average molecular weight is 504 g/mol. The summed E-state index contributed by atoms with van der Waals surface area (Å²) in [4.78, 5) is 23.2. The molecule has 158 valence electrons. The van der Waals surface area contributed by atoms with Gasteiger partial charge in [0.05, 0.1) is 25.7 Å². The van der Waals surface area contributed by atoms with Gasteiger partial charge in [0.25, 0.3) is 0 Å². The van der Waals surface area contributed by atoms with Gasteiger partial charge in [0, 0.05) is 31.9 Å². The van der Waals surface area contributed by atoms with E-state index in [2.05, 4.69) is 29.0 Å². The van der Waals surface area contributed by atoms with Crippen molar-refractivity contribution in [1.82, 2.24) is 15.2 Å². The predicted molar refractivity (Wildman–Crippen MR) is 121 cm³/mol. The zero-order chi connectivity index (χ0) is 19.5. The molecule has 7 nitrogen and oxygen atoms in total. The van der Waals surface area contributed by atoms with Crippen LogP contribution in [0.3, 0.4) is 0 Å². The molecule has 28 heavy (non-hydrogen) atoms. The summed E-state index contributed by atoms with van der Waals surface area (Å²) in [6, 6.07) is 3.89. The standard InChI is InChI=1S/C20H32N4O3.HI/c1-4-13-27-18-8-7-16(14-22-18)15-23-20(21-5-2)24-11-9-17(10-12-24)19(25)26-6-3;/h7-8,14,17H,4-6,9-13,15H2,1-3H3,(H,21,23);1H. The SMILES string of the molecule is CCCOc1ccc(CN=C(NCC)N2CCC(C(=O)OCC)CC2)cn1.I. The minimum atomic E-state index is -0.0736. The summed E-state index contributed by atoms with van der Waals surface area (Å²) in [6.07, 6.45) is 4.38. The number of esters is 1. The molecular weight excluding hydrogens is 471 g/mol. The molecule has 1 aliphatic rings. The molecule has 2 rings (SSSR count). The Bertz CT molecular complexity index is 602. The van der Waals surface area contributed by atoms with Gasteiger partial charge in [-0.25, -0.2) is 9.98 Å². The fourth-order valence-corrected chi connectivity index (χ4v) is 2.98. The van der Waals surface area contributed by atoms with Gasteiger partial charge < -0.3 is 19.7 Å². The number of hydrogen-bond acceptors (Lipinski definition) is 5. The molecule has 8 heteroatoms. The molecule has 0 saturated carbocycles. The molecule has 2 heterocycles. The van der Waals surface area contributed by atoms with Crippen molar-refractivity contribution in [2.75, 3.05) is 32.8 Å². The van der Waals surface area contributed by atoms with Gasteiger partial charge in [-0.1, -0.05) is 13.0 Å². The van der Waals surface area contributed by atoms with Gasteiger partial charge in [-0.2, -0.15) is 0 Å². The Kier molecular flexibility index (Phi) is 11.9. The number of carbonyl (C=O) groups excluding carboxylic acids is 1. The van der Waals surface area contributed by atoms with E-state index in [-0.39, 0.29) is 35.9 Å².